The highest BCUT2D eigenvalue weighted by molar-refractivity contribution is 9.10. The van der Waals surface area contributed by atoms with Crippen molar-refractivity contribution < 1.29 is 17.9 Å². The maximum absolute atomic E-state index is 12.9. The van der Waals surface area contributed by atoms with Gasteiger partial charge in [-0.25, -0.2) is 8.42 Å². The number of nitrogens with one attached hydrogen (secondary N) is 3. The van der Waals surface area contributed by atoms with Crippen molar-refractivity contribution in [3.05, 3.63) is 81.8 Å². The van der Waals surface area contributed by atoms with Crippen LogP contribution in [0, 0.1) is 13.8 Å². The van der Waals surface area contributed by atoms with Crippen molar-refractivity contribution in [2.75, 3.05) is 16.6 Å². The molecule has 202 valence electrons. The molecule has 0 aromatic heterocycles. The first kappa shape index (κ1) is 29.6. The minimum Gasteiger partial charge on any atom is -0.492 e. The van der Waals surface area contributed by atoms with Crippen molar-refractivity contribution in [2.45, 2.75) is 51.3 Å². The lowest BCUT2D eigenvalue weighted by atomic mass is 10.1. The van der Waals surface area contributed by atoms with Gasteiger partial charge in [0.15, 0.2) is 5.11 Å². The lowest BCUT2D eigenvalue weighted by Crippen LogP contribution is -2.34. The first-order valence-electron chi connectivity index (χ1n) is 12.3. The van der Waals surface area contributed by atoms with E-state index in [0.717, 1.165) is 24.0 Å². The second kappa shape index (κ2) is 13.7. The van der Waals surface area contributed by atoms with Gasteiger partial charge in [0.05, 0.1) is 21.7 Å². The van der Waals surface area contributed by atoms with Crippen molar-refractivity contribution in [3.8, 4) is 5.75 Å². The molecular formula is C28H32BrN3O4S2. The molecule has 1 amide bonds. The number of benzene rings is 3. The molecule has 0 fully saturated rings. The number of carbonyl (C=O) groups is 1. The van der Waals surface area contributed by atoms with Crippen molar-refractivity contribution in [1.82, 2.24) is 5.32 Å². The van der Waals surface area contributed by atoms with E-state index in [9.17, 15) is 13.2 Å². The molecular weight excluding hydrogens is 586 g/mol. The lowest BCUT2D eigenvalue weighted by Gasteiger charge is -2.14. The number of hydrogen-bond acceptors (Lipinski definition) is 5. The van der Waals surface area contributed by atoms with Gasteiger partial charge in [0.2, 0.25) is 0 Å². The van der Waals surface area contributed by atoms with Crippen LogP contribution in [-0.4, -0.2) is 26.0 Å². The summed E-state index contributed by atoms with van der Waals surface area (Å²) in [6.45, 7) is 6.49. The first-order valence-corrected chi connectivity index (χ1v) is 15.0. The highest BCUT2D eigenvalue weighted by Gasteiger charge is 2.17. The molecule has 0 aliphatic rings. The third-order valence-corrected chi connectivity index (χ3v) is 8.01. The van der Waals surface area contributed by atoms with Gasteiger partial charge in [0, 0.05) is 11.3 Å². The number of sulfonamides is 1. The number of ether oxygens (including phenoxy) is 1. The highest BCUT2D eigenvalue weighted by Crippen LogP contribution is 2.27. The number of unbranched alkanes of at least 4 members (excludes halogenated alkanes) is 3. The van der Waals surface area contributed by atoms with E-state index < -0.39 is 10.0 Å². The maximum atomic E-state index is 12.9. The smallest absolute Gasteiger partial charge is 0.261 e. The van der Waals surface area contributed by atoms with Gasteiger partial charge >= 0.3 is 0 Å². The Balaban J connectivity index is 1.56. The molecule has 10 heteroatoms. The van der Waals surface area contributed by atoms with E-state index in [-0.39, 0.29) is 15.9 Å². The number of anilines is 2. The van der Waals surface area contributed by atoms with Gasteiger partial charge in [-0.3, -0.25) is 14.8 Å². The molecule has 38 heavy (non-hydrogen) atoms. The van der Waals surface area contributed by atoms with Crippen LogP contribution in [0.25, 0.3) is 0 Å². The second-order valence-corrected chi connectivity index (χ2v) is 11.8. The van der Waals surface area contributed by atoms with Gasteiger partial charge < -0.3 is 10.1 Å². The number of aryl methyl sites for hydroxylation is 2. The predicted molar refractivity (Wildman–Crippen MR) is 161 cm³/mol. The van der Waals surface area contributed by atoms with Gasteiger partial charge in [-0.05, 0) is 102 Å². The fourth-order valence-corrected chi connectivity index (χ4v) is 5.60. The summed E-state index contributed by atoms with van der Waals surface area (Å²) in [5.41, 5.74) is 3.19. The molecule has 3 aromatic carbocycles. The second-order valence-electron chi connectivity index (χ2n) is 8.86. The fraction of sp³-hybridized carbons (Fsp3) is 0.286. The van der Waals surface area contributed by atoms with Gasteiger partial charge in [-0.2, -0.15) is 0 Å². The topological polar surface area (TPSA) is 96.5 Å². The summed E-state index contributed by atoms with van der Waals surface area (Å²) >= 11 is 8.74. The average molecular weight is 619 g/mol. The monoisotopic (exact) mass is 617 g/mol. The van der Waals surface area contributed by atoms with E-state index in [1.807, 2.05) is 32.0 Å². The van der Waals surface area contributed by atoms with Crippen LogP contribution in [0.5, 0.6) is 5.75 Å². The molecule has 0 saturated heterocycles. The van der Waals surface area contributed by atoms with Crippen molar-refractivity contribution in [2.24, 2.45) is 0 Å². The fourth-order valence-electron chi connectivity index (χ4n) is 3.69. The molecule has 0 aliphatic carbocycles. The Morgan fingerprint density at radius 2 is 1.66 bits per heavy atom. The molecule has 3 aromatic rings. The van der Waals surface area contributed by atoms with Crippen LogP contribution in [0.15, 0.2) is 70.0 Å². The van der Waals surface area contributed by atoms with Crippen LogP contribution in [-0.2, 0) is 10.0 Å². The Bertz CT molecular complexity index is 1370. The standard InChI is InChI=1S/C28H32BrN3O4S2/c1-4-5-6-7-17-36-25-16-11-21(18-24(25)29)27(33)31-28(37)30-22-12-14-23(15-13-22)38(34,35)32-26-19(2)9-8-10-20(26)3/h8-16,18,32H,4-7,17H2,1-3H3,(H2,30,31,33,37). The average Bonchev–Trinajstić information content (AvgIpc) is 2.87. The number of para-hydroxylation sites is 1. The van der Waals surface area contributed by atoms with Gasteiger partial charge in [0.25, 0.3) is 15.9 Å². The number of rotatable bonds is 11. The summed E-state index contributed by atoms with van der Waals surface area (Å²) in [5, 5.41) is 5.63. The van der Waals surface area contributed by atoms with Crippen LogP contribution in [0.4, 0.5) is 11.4 Å². The molecule has 3 N–H and O–H groups in total. The summed E-state index contributed by atoms with van der Waals surface area (Å²) in [6.07, 6.45) is 4.47. The number of amides is 1. The van der Waals surface area contributed by atoms with Crippen LogP contribution < -0.4 is 20.1 Å². The Hall–Kier alpha value is -2.95. The summed E-state index contributed by atoms with van der Waals surface area (Å²) in [7, 11) is -3.77. The molecule has 0 radical (unpaired) electrons. The molecule has 0 atom stereocenters. The van der Waals surface area contributed by atoms with Crippen LogP contribution >= 0.6 is 28.1 Å². The Morgan fingerprint density at radius 3 is 2.29 bits per heavy atom. The van der Waals surface area contributed by atoms with Gasteiger partial charge in [-0.15, -0.1) is 0 Å². The van der Waals surface area contributed by atoms with E-state index in [0.29, 0.717) is 33.8 Å². The molecule has 3 rings (SSSR count). The largest absolute Gasteiger partial charge is 0.492 e. The normalized spacial score (nSPS) is 11.1. The summed E-state index contributed by atoms with van der Waals surface area (Å²) in [4.78, 5) is 12.8. The zero-order chi connectivity index (χ0) is 27.7. The molecule has 0 saturated carbocycles. The Kier molecular flexibility index (Phi) is 10.7. The summed E-state index contributed by atoms with van der Waals surface area (Å²) in [6, 6.07) is 16.8. The Labute approximate surface area is 238 Å². The Morgan fingerprint density at radius 1 is 0.974 bits per heavy atom. The van der Waals surface area contributed by atoms with E-state index in [1.165, 1.54) is 25.0 Å². The number of halogens is 1. The van der Waals surface area contributed by atoms with Crippen LogP contribution in [0.3, 0.4) is 0 Å². The molecule has 0 spiro atoms. The van der Waals surface area contributed by atoms with Crippen molar-refractivity contribution in [1.29, 1.82) is 0 Å². The SMILES string of the molecule is CCCCCCOc1ccc(C(=O)NC(=S)Nc2ccc(S(=O)(=O)Nc3c(C)cccc3C)cc2)cc1Br. The number of hydrogen-bond donors (Lipinski definition) is 3. The quantitative estimate of drug-likeness (QED) is 0.159. The van der Waals surface area contributed by atoms with E-state index in [2.05, 4.69) is 38.2 Å². The van der Waals surface area contributed by atoms with Gasteiger partial charge in [-0.1, -0.05) is 44.4 Å². The molecule has 7 nitrogen and oxygen atoms in total. The number of carbonyl (C=O) groups excluding carboxylic acids is 1. The van der Waals surface area contributed by atoms with Crippen LogP contribution in [0.2, 0.25) is 0 Å². The third kappa shape index (κ3) is 8.28. The zero-order valence-electron chi connectivity index (χ0n) is 21.6. The summed E-state index contributed by atoms with van der Waals surface area (Å²) < 4.78 is 34.9. The third-order valence-electron chi connectivity index (χ3n) is 5.82. The van der Waals surface area contributed by atoms with Crippen molar-refractivity contribution >= 4 is 60.6 Å². The van der Waals surface area contributed by atoms with Crippen LogP contribution in [0.1, 0.15) is 54.1 Å². The molecule has 0 bridgehead atoms. The van der Waals surface area contributed by atoms with E-state index in [4.69, 9.17) is 17.0 Å². The molecule has 0 aliphatic heterocycles. The zero-order valence-corrected chi connectivity index (χ0v) is 24.9. The highest BCUT2D eigenvalue weighted by atomic mass is 79.9. The van der Waals surface area contributed by atoms with Crippen molar-refractivity contribution in [3.63, 3.8) is 0 Å². The van der Waals surface area contributed by atoms with Gasteiger partial charge in [0.1, 0.15) is 5.75 Å². The summed E-state index contributed by atoms with van der Waals surface area (Å²) in [5.74, 6) is 0.301. The maximum Gasteiger partial charge on any atom is 0.261 e. The van der Waals surface area contributed by atoms with E-state index in [1.54, 1.807) is 30.3 Å². The molecule has 0 heterocycles. The minimum absolute atomic E-state index is 0.0895. The number of thiocarbonyl (C=S) groups is 1. The van der Waals surface area contributed by atoms with E-state index >= 15 is 0 Å². The first-order chi connectivity index (χ1) is 18.1. The molecule has 0 unspecified atom stereocenters. The predicted octanol–water partition coefficient (Wildman–Crippen LogP) is 6.95. The lowest BCUT2D eigenvalue weighted by molar-refractivity contribution is 0.0977. The minimum atomic E-state index is -3.77.